The molecule has 9 heteroatoms. The summed E-state index contributed by atoms with van der Waals surface area (Å²) < 4.78 is 40.0. The molecule has 0 bridgehead atoms. The van der Waals surface area contributed by atoms with Gasteiger partial charge in [0, 0.05) is 30.4 Å². The third-order valence-electron chi connectivity index (χ3n) is 5.18. The first kappa shape index (κ1) is 24.2. The van der Waals surface area contributed by atoms with Crippen LogP contribution in [0.2, 0.25) is 5.02 Å². The predicted molar refractivity (Wildman–Crippen MR) is 131 cm³/mol. The molecule has 2 N–H and O–H groups in total. The molecule has 178 valence electrons. The summed E-state index contributed by atoms with van der Waals surface area (Å²) in [6, 6.07) is 19.0. The Labute approximate surface area is 205 Å². The summed E-state index contributed by atoms with van der Waals surface area (Å²) in [4.78, 5) is 21.5. The number of anilines is 2. The van der Waals surface area contributed by atoms with E-state index >= 15 is 0 Å². The van der Waals surface area contributed by atoms with Gasteiger partial charge in [-0.2, -0.15) is 13.2 Å². The molecule has 2 aromatic carbocycles. The molecule has 0 atom stereocenters. The van der Waals surface area contributed by atoms with E-state index in [4.69, 9.17) is 11.6 Å². The molecule has 0 radical (unpaired) electrons. The van der Waals surface area contributed by atoms with E-state index in [0.717, 1.165) is 17.8 Å². The first-order valence-corrected chi connectivity index (χ1v) is 11.1. The van der Waals surface area contributed by atoms with Gasteiger partial charge in [0.15, 0.2) is 0 Å². The summed E-state index contributed by atoms with van der Waals surface area (Å²) in [5.41, 5.74) is 1.14. The van der Waals surface area contributed by atoms with Crippen LogP contribution in [-0.4, -0.2) is 22.4 Å². The number of amides is 1. The molecule has 0 aliphatic heterocycles. The molecular weight excluding hydrogens is 477 g/mol. The minimum absolute atomic E-state index is 0.111. The van der Waals surface area contributed by atoms with Gasteiger partial charge < -0.3 is 10.6 Å². The van der Waals surface area contributed by atoms with Gasteiger partial charge in [-0.25, -0.2) is 4.98 Å². The highest BCUT2D eigenvalue weighted by Crippen LogP contribution is 2.34. The minimum Gasteiger partial charge on any atom is -0.368 e. The quantitative estimate of drug-likeness (QED) is 0.298. The van der Waals surface area contributed by atoms with Crippen molar-refractivity contribution >= 4 is 29.0 Å². The molecule has 0 spiro atoms. The summed E-state index contributed by atoms with van der Waals surface area (Å²) in [7, 11) is 0. The van der Waals surface area contributed by atoms with E-state index in [1.54, 1.807) is 36.5 Å². The molecule has 4 rings (SSSR count). The van der Waals surface area contributed by atoms with Gasteiger partial charge in [-0.3, -0.25) is 9.78 Å². The number of carbonyl (C=O) groups excluding carboxylic acids is 1. The van der Waals surface area contributed by atoms with Crippen LogP contribution in [0.15, 0.2) is 85.2 Å². The zero-order valence-electron chi connectivity index (χ0n) is 18.3. The fourth-order valence-corrected chi connectivity index (χ4v) is 3.70. The van der Waals surface area contributed by atoms with Crippen molar-refractivity contribution in [1.82, 2.24) is 9.97 Å². The molecule has 0 unspecified atom stereocenters. The van der Waals surface area contributed by atoms with Crippen molar-refractivity contribution in [3.63, 3.8) is 0 Å². The number of nitrogens with one attached hydrogen (secondary N) is 2. The molecule has 0 aliphatic rings. The van der Waals surface area contributed by atoms with Crippen molar-refractivity contribution in [3.05, 3.63) is 107 Å². The van der Waals surface area contributed by atoms with Gasteiger partial charge in [0.05, 0.1) is 22.5 Å². The predicted octanol–water partition coefficient (Wildman–Crippen LogP) is 6.72. The SMILES string of the molecule is O=C(Nc1cnc(NCCc2ccccn2)c(Cl)c1)c1cc(C(F)(F)F)ccc1-c1ccccc1. The molecule has 4 aromatic rings. The first-order chi connectivity index (χ1) is 16.8. The smallest absolute Gasteiger partial charge is 0.368 e. The zero-order valence-corrected chi connectivity index (χ0v) is 19.1. The van der Waals surface area contributed by atoms with E-state index in [2.05, 4.69) is 20.6 Å². The van der Waals surface area contributed by atoms with Crippen LogP contribution in [-0.2, 0) is 12.6 Å². The number of pyridine rings is 2. The van der Waals surface area contributed by atoms with Gasteiger partial charge in [0.2, 0.25) is 0 Å². The Kier molecular flexibility index (Phi) is 7.31. The highest BCUT2D eigenvalue weighted by molar-refractivity contribution is 6.33. The molecule has 0 aliphatic carbocycles. The fourth-order valence-electron chi connectivity index (χ4n) is 3.47. The highest BCUT2D eigenvalue weighted by atomic mass is 35.5. The Bertz CT molecular complexity index is 1320. The average Bonchev–Trinajstić information content (AvgIpc) is 2.85. The summed E-state index contributed by atoms with van der Waals surface area (Å²) >= 11 is 6.31. The monoisotopic (exact) mass is 496 g/mol. The molecule has 1 amide bonds. The summed E-state index contributed by atoms with van der Waals surface area (Å²) in [5, 5.41) is 5.97. The Morgan fingerprint density at radius 2 is 1.71 bits per heavy atom. The van der Waals surface area contributed by atoms with E-state index in [0.29, 0.717) is 29.9 Å². The van der Waals surface area contributed by atoms with Crippen LogP contribution in [0.1, 0.15) is 21.6 Å². The van der Waals surface area contributed by atoms with Gasteiger partial charge in [-0.1, -0.05) is 54.1 Å². The lowest BCUT2D eigenvalue weighted by Gasteiger charge is -2.15. The van der Waals surface area contributed by atoms with Gasteiger partial charge in [0.25, 0.3) is 5.91 Å². The number of carbonyl (C=O) groups is 1. The number of hydrogen-bond donors (Lipinski definition) is 2. The maximum Gasteiger partial charge on any atom is 0.416 e. The lowest BCUT2D eigenvalue weighted by Crippen LogP contribution is -2.16. The average molecular weight is 497 g/mol. The van der Waals surface area contributed by atoms with Crippen LogP contribution in [0, 0.1) is 0 Å². The topological polar surface area (TPSA) is 66.9 Å². The van der Waals surface area contributed by atoms with Crippen LogP contribution in [0.4, 0.5) is 24.7 Å². The Balaban J connectivity index is 1.52. The summed E-state index contributed by atoms with van der Waals surface area (Å²) in [5.74, 6) is -0.284. The molecule has 0 saturated carbocycles. The Morgan fingerprint density at radius 1 is 0.943 bits per heavy atom. The maximum atomic E-state index is 13.3. The van der Waals surface area contributed by atoms with E-state index in [9.17, 15) is 18.0 Å². The van der Waals surface area contributed by atoms with Crippen molar-refractivity contribution in [2.75, 3.05) is 17.2 Å². The lowest BCUT2D eigenvalue weighted by molar-refractivity contribution is -0.137. The molecule has 2 aromatic heterocycles. The minimum atomic E-state index is -4.59. The number of hydrogen-bond acceptors (Lipinski definition) is 4. The van der Waals surface area contributed by atoms with Crippen molar-refractivity contribution < 1.29 is 18.0 Å². The van der Waals surface area contributed by atoms with Gasteiger partial charge in [-0.15, -0.1) is 0 Å². The number of aromatic nitrogens is 2. The molecule has 35 heavy (non-hydrogen) atoms. The standard InChI is InChI=1S/C26H20ClF3N4O/c27-23-15-20(16-33-24(23)32-13-11-19-8-4-5-12-31-19)34-25(35)22-14-18(26(28,29)30)9-10-21(22)17-6-2-1-3-7-17/h1-10,12,14-16H,11,13H2,(H,32,33)(H,34,35). The van der Waals surface area contributed by atoms with Crippen LogP contribution < -0.4 is 10.6 Å². The largest absolute Gasteiger partial charge is 0.416 e. The van der Waals surface area contributed by atoms with Crippen LogP contribution in [0.25, 0.3) is 11.1 Å². The van der Waals surface area contributed by atoms with E-state index in [1.165, 1.54) is 18.3 Å². The number of alkyl halides is 3. The second kappa shape index (κ2) is 10.6. The second-order valence-corrected chi connectivity index (χ2v) is 8.04. The van der Waals surface area contributed by atoms with Crippen LogP contribution in [0.3, 0.4) is 0 Å². The van der Waals surface area contributed by atoms with Gasteiger partial charge in [0.1, 0.15) is 5.82 Å². The van der Waals surface area contributed by atoms with E-state index in [-0.39, 0.29) is 16.3 Å². The van der Waals surface area contributed by atoms with E-state index in [1.807, 2.05) is 18.2 Å². The van der Waals surface area contributed by atoms with Crippen molar-refractivity contribution in [3.8, 4) is 11.1 Å². The molecule has 0 saturated heterocycles. The van der Waals surface area contributed by atoms with Crippen LogP contribution >= 0.6 is 11.6 Å². The Hall–Kier alpha value is -3.91. The lowest BCUT2D eigenvalue weighted by atomic mass is 9.96. The van der Waals surface area contributed by atoms with Gasteiger partial charge >= 0.3 is 6.18 Å². The van der Waals surface area contributed by atoms with Crippen molar-refractivity contribution in [1.29, 1.82) is 0 Å². The molecule has 2 heterocycles. The molecule has 0 fully saturated rings. The summed E-state index contributed by atoms with van der Waals surface area (Å²) in [6.07, 6.45) is -0.818. The highest BCUT2D eigenvalue weighted by Gasteiger charge is 2.32. The molecule has 5 nitrogen and oxygen atoms in total. The molecular formula is C26H20ClF3N4O. The third kappa shape index (κ3) is 6.16. The number of rotatable bonds is 7. The zero-order chi connectivity index (χ0) is 24.8. The third-order valence-corrected chi connectivity index (χ3v) is 5.46. The van der Waals surface area contributed by atoms with Crippen LogP contribution in [0.5, 0.6) is 0 Å². The Morgan fingerprint density at radius 3 is 2.40 bits per heavy atom. The number of benzene rings is 2. The first-order valence-electron chi connectivity index (χ1n) is 10.7. The maximum absolute atomic E-state index is 13.3. The number of nitrogens with zero attached hydrogens (tertiary/aromatic N) is 2. The van der Waals surface area contributed by atoms with Crippen molar-refractivity contribution in [2.24, 2.45) is 0 Å². The number of halogens is 4. The van der Waals surface area contributed by atoms with E-state index < -0.39 is 17.6 Å². The summed E-state index contributed by atoms with van der Waals surface area (Å²) in [6.45, 7) is 0.542. The van der Waals surface area contributed by atoms with Gasteiger partial charge in [-0.05, 0) is 41.5 Å². The van der Waals surface area contributed by atoms with Crippen molar-refractivity contribution in [2.45, 2.75) is 12.6 Å². The second-order valence-electron chi connectivity index (χ2n) is 7.63. The normalized spacial score (nSPS) is 11.2. The fraction of sp³-hybridized carbons (Fsp3) is 0.115.